The van der Waals surface area contributed by atoms with Gasteiger partial charge in [-0.05, 0) is 12.1 Å². The van der Waals surface area contributed by atoms with Gasteiger partial charge in [0.25, 0.3) is 0 Å². The van der Waals surface area contributed by atoms with E-state index in [1.165, 1.54) is 12.1 Å². The van der Waals surface area contributed by atoms with Gasteiger partial charge in [-0.25, -0.2) is 4.39 Å². The van der Waals surface area contributed by atoms with Gasteiger partial charge in [0, 0.05) is 26.2 Å². The first kappa shape index (κ1) is 13.3. The summed E-state index contributed by atoms with van der Waals surface area (Å²) in [6.07, 6.45) is 0. The van der Waals surface area contributed by atoms with Gasteiger partial charge in [-0.1, -0.05) is 6.07 Å². The third kappa shape index (κ3) is 3.20. The average Bonchev–Trinajstić information content (AvgIpc) is 2.45. The minimum Gasteiger partial charge on any atom is -0.375 e. The largest absolute Gasteiger partial charge is 0.375 e. The highest BCUT2D eigenvalue weighted by atomic mass is 19.1. The predicted octanol–water partition coefficient (Wildman–Crippen LogP) is 0.541. The maximum atomic E-state index is 13.4. The second kappa shape index (κ2) is 6.16. The second-order valence-corrected chi connectivity index (χ2v) is 4.26. The predicted molar refractivity (Wildman–Crippen MR) is 69.1 cm³/mol. The zero-order chi connectivity index (χ0) is 13.7. The number of halogens is 1. The zero-order valence-corrected chi connectivity index (χ0v) is 10.4. The van der Waals surface area contributed by atoms with Crippen LogP contribution in [0.15, 0.2) is 18.2 Å². The summed E-state index contributed by atoms with van der Waals surface area (Å²) in [7, 11) is 0. The van der Waals surface area contributed by atoms with Crippen LogP contribution in [0.1, 0.15) is 5.56 Å². The molecule has 0 spiro atoms. The first-order valence-electron chi connectivity index (χ1n) is 6.13. The first-order valence-corrected chi connectivity index (χ1v) is 6.13. The number of carbonyl (C=O) groups is 1. The number of hydrogen-bond donors (Lipinski definition) is 2. The number of amides is 1. The summed E-state index contributed by atoms with van der Waals surface area (Å²) in [6.45, 7) is 2.99. The number of hydrogen-bond acceptors (Lipinski definition) is 4. The molecule has 100 valence electrons. The molecule has 2 rings (SSSR count). The van der Waals surface area contributed by atoms with Crippen molar-refractivity contribution in [2.24, 2.45) is 0 Å². The van der Waals surface area contributed by atoms with Crippen LogP contribution in [0, 0.1) is 17.1 Å². The molecule has 1 fully saturated rings. The third-order valence-electron chi connectivity index (χ3n) is 3.03. The fourth-order valence-corrected chi connectivity index (χ4v) is 1.98. The summed E-state index contributed by atoms with van der Waals surface area (Å²) in [5.41, 5.74) is 0.293. The molecule has 0 aliphatic carbocycles. The van der Waals surface area contributed by atoms with Crippen LogP contribution in [0.5, 0.6) is 0 Å². The molecule has 2 N–H and O–H groups in total. The Kier molecular flexibility index (Phi) is 4.31. The summed E-state index contributed by atoms with van der Waals surface area (Å²) in [4.78, 5) is 13.7. The number of benzene rings is 1. The first-order chi connectivity index (χ1) is 9.22. The number of nitriles is 1. The fraction of sp³-hybridized carbons (Fsp3) is 0.385. The van der Waals surface area contributed by atoms with E-state index in [-0.39, 0.29) is 18.0 Å². The van der Waals surface area contributed by atoms with Crippen molar-refractivity contribution in [1.29, 1.82) is 5.26 Å². The van der Waals surface area contributed by atoms with Gasteiger partial charge < -0.3 is 15.5 Å². The van der Waals surface area contributed by atoms with Crippen molar-refractivity contribution >= 4 is 11.6 Å². The van der Waals surface area contributed by atoms with Crippen LogP contribution < -0.4 is 10.6 Å². The summed E-state index contributed by atoms with van der Waals surface area (Å²) in [5.74, 6) is -0.628. The zero-order valence-electron chi connectivity index (χ0n) is 10.4. The van der Waals surface area contributed by atoms with E-state index in [1.54, 1.807) is 17.0 Å². The monoisotopic (exact) mass is 262 g/mol. The van der Waals surface area contributed by atoms with Gasteiger partial charge in [0.05, 0.1) is 12.2 Å². The van der Waals surface area contributed by atoms with E-state index in [2.05, 4.69) is 10.6 Å². The average molecular weight is 262 g/mol. The maximum absolute atomic E-state index is 13.4. The molecule has 0 radical (unpaired) electrons. The molecule has 0 atom stereocenters. The standard InChI is InChI=1S/C13H15FN4O/c14-11-2-1-3-12(10(11)8-15)17-9-13(19)18-6-4-16-5-7-18/h1-3,16-17H,4-7,9H2. The SMILES string of the molecule is N#Cc1c(F)cccc1NCC(=O)N1CCNCC1. The Morgan fingerprint density at radius 1 is 1.47 bits per heavy atom. The molecule has 6 heteroatoms. The second-order valence-electron chi connectivity index (χ2n) is 4.26. The molecular formula is C13H15FN4O. The van der Waals surface area contributed by atoms with E-state index >= 15 is 0 Å². The summed E-state index contributed by atoms with van der Waals surface area (Å²) in [5, 5.41) is 14.9. The quantitative estimate of drug-likeness (QED) is 0.834. The van der Waals surface area contributed by atoms with Crippen molar-refractivity contribution in [3.63, 3.8) is 0 Å². The van der Waals surface area contributed by atoms with E-state index in [9.17, 15) is 9.18 Å². The summed E-state index contributed by atoms with van der Waals surface area (Å²) in [6, 6.07) is 6.12. The smallest absolute Gasteiger partial charge is 0.241 e. The van der Waals surface area contributed by atoms with Crippen molar-refractivity contribution in [3.8, 4) is 6.07 Å². The molecule has 1 aliphatic heterocycles. The lowest BCUT2D eigenvalue weighted by molar-refractivity contribution is -0.129. The molecule has 1 amide bonds. The molecule has 0 saturated carbocycles. The van der Waals surface area contributed by atoms with Crippen molar-refractivity contribution in [1.82, 2.24) is 10.2 Å². The Morgan fingerprint density at radius 3 is 2.89 bits per heavy atom. The number of nitrogens with zero attached hydrogens (tertiary/aromatic N) is 2. The van der Waals surface area contributed by atoms with Crippen LogP contribution in [0.3, 0.4) is 0 Å². The highest BCUT2D eigenvalue weighted by Crippen LogP contribution is 2.17. The number of rotatable bonds is 3. The lowest BCUT2D eigenvalue weighted by Gasteiger charge is -2.27. The molecule has 0 unspecified atom stereocenters. The number of nitrogens with one attached hydrogen (secondary N) is 2. The van der Waals surface area contributed by atoms with E-state index in [1.807, 2.05) is 0 Å². The highest BCUT2D eigenvalue weighted by molar-refractivity contribution is 5.81. The molecule has 1 aromatic rings. The Bertz CT molecular complexity index is 506. The van der Waals surface area contributed by atoms with E-state index in [0.29, 0.717) is 18.8 Å². The lowest BCUT2D eigenvalue weighted by atomic mass is 10.2. The normalized spacial score (nSPS) is 14.8. The van der Waals surface area contributed by atoms with Gasteiger partial charge in [0.2, 0.25) is 5.91 Å². The Labute approximate surface area is 111 Å². The molecule has 19 heavy (non-hydrogen) atoms. The van der Waals surface area contributed by atoms with Crippen LogP contribution >= 0.6 is 0 Å². The van der Waals surface area contributed by atoms with Gasteiger partial charge >= 0.3 is 0 Å². The van der Waals surface area contributed by atoms with Crippen molar-refractivity contribution in [3.05, 3.63) is 29.6 Å². The maximum Gasteiger partial charge on any atom is 0.241 e. The van der Waals surface area contributed by atoms with Crippen LogP contribution in [-0.4, -0.2) is 43.5 Å². The lowest BCUT2D eigenvalue weighted by Crippen LogP contribution is -2.48. The molecule has 5 nitrogen and oxygen atoms in total. The minimum absolute atomic E-state index is 0.0466. The van der Waals surface area contributed by atoms with E-state index in [4.69, 9.17) is 5.26 Å². The Morgan fingerprint density at radius 2 is 2.21 bits per heavy atom. The molecule has 1 aromatic carbocycles. The number of carbonyl (C=O) groups excluding carboxylic acids is 1. The van der Waals surface area contributed by atoms with Crippen LogP contribution in [0.4, 0.5) is 10.1 Å². The molecule has 1 aliphatic rings. The topological polar surface area (TPSA) is 68.2 Å². The molecule has 1 heterocycles. The van der Waals surface area contributed by atoms with Crippen molar-refractivity contribution in [2.75, 3.05) is 38.0 Å². The third-order valence-corrected chi connectivity index (χ3v) is 3.03. The van der Waals surface area contributed by atoms with E-state index < -0.39 is 5.82 Å². The van der Waals surface area contributed by atoms with Crippen LogP contribution in [0.2, 0.25) is 0 Å². The highest BCUT2D eigenvalue weighted by Gasteiger charge is 2.16. The summed E-state index contributed by atoms with van der Waals surface area (Å²) >= 11 is 0. The van der Waals surface area contributed by atoms with Gasteiger partial charge in [0.15, 0.2) is 0 Å². The van der Waals surface area contributed by atoms with Crippen molar-refractivity contribution < 1.29 is 9.18 Å². The minimum atomic E-state index is -0.581. The van der Waals surface area contributed by atoms with E-state index in [0.717, 1.165) is 13.1 Å². The molecule has 0 bridgehead atoms. The van der Waals surface area contributed by atoms with Crippen LogP contribution in [0.25, 0.3) is 0 Å². The van der Waals surface area contributed by atoms with Gasteiger partial charge in [-0.3, -0.25) is 4.79 Å². The van der Waals surface area contributed by atoms with Crippen LogP contribution in [-0.2, 0) is 4.79 Å². The Hall–Kier alpha value is -2.13. The number of piperazine rings is 1. The molecule has 1 saturated heterocycles. The Balaban J connectivity index is 1.97. The molecule has 0 aromatic heterocycles. The molecular weight excluding hydrogens is 247 g/mol. The van der Waals surface area contributed by atoms with Crippen molar-refractivity contribution in [2.45, 2.75) is 0 Å². The fourth-order valence-electron chi connectivity index (χ4n) is 1.98. The van der Waals surface area contributed by atoms with Gasteiger partial charge in [-0.15, -0.1) is 0 Å². The number of anilines is 1. The van der Waals surface area contributed by atoms with Gasteiger partial charge in [-0.2, -0.15) is 5.26 Å². The summed E-state index contributed by atoms with van der Waals surface area (Å²) < 4.78 is 13.4. The van der Waals surface area contributed by atoms with Gasteiger partial charge in [0.1, 0.15) is 17.4 Å².